The molecule has 0 radical (unpaired) electrons. The number of nitrogens with zero attached hydrogens (tertiary/aromatic N) is 2. The first-order chi connectivity index (χ1) is 9.69. The van der Waals surface area contributed by atoms with Crippen LogP contribution in [0, 0.1) is 5.92 Å². The SMILES string of the molecule is CC(C)CN(c1nc(C2CC2)c(C=O)s1)C1CCCC1. The van der Waals surface area contributed by atoms with Gasteiger partial charge in [0.15, 0.2) is 11.4 Å². The molecular formula is C16H24N2OS. The van der Waals surface area contributed by atoms with E-state index < -0.39 is 0 Å². The Morgan fingerprint density at radius 1 is 1.30 bits per heavy atom. The van der Waals surface area contributed by atoms with E-state index in [4.69, 9.17) is 4.98 Å². The molecule has 0 bridgehead atoms. The zero-order valence-electron chi connectivity index (χ0n) is 12.5. The molecule has 0 N–H and O–H groups in total. The monoisotopic (exact) mass is 292 g/mol. The van der Waals surface area contributed by atoms with Gasteiger partial charge in [0.05, 0.1) is 10.6 Å². The summed E-state index contributed by atoms with van der Waals surface area (Å²) in [6.07, 6.45) is 8.65. The van der Waals surface area contributed by atoms with Crippen molar-refractivity contribution >= 4 is 22.8 Å². The Bertz CT molecular complexity index is 473. The van der Waals surface area contributed by atoms with Gasteiger partial charge in [0.1, 0.15) is 0 Å². The standard InChI is InChI=1S/C16H24N2OS/c1-11(2)9-18(13-5-3-4-6-13)16-17-15(12-7-8-12)14(10-19)20-16/h10-13H,3-9H2,1-2H3. The van der Waals surface area contributed by atoms with Gasteiger partial charge in [0, 0.05) is 18.5 Å². The molecule has 2 saturated carbocycles. The molecule has 0 aliphatic heterocycles. The van der Waals surface area contributed by atoms with Crippen molar-refractivity contribution in [3.63, 3.8) is 0 Å². The molecule has 2 aliphatic carbocycles. The smallest absolute Gasteiger partial charge is 0.186 e. The van der Waals surface area contributed by atoms with Crippen molar-refractivity contribution in [3.05, 3.63) is 10.6 Å². The van der Waals surface area contributed by atoms with Gasteiger partial charge >= 0.3 is 0 Å². The molecule has 0 amide bonds. The summed E-state index contributed by atoms with van der Waals surface area (Å²) in [4.78, 5) is 19.5. The lowest BCUT2D eigenvalue weighted by Crippen LogP contribution is -2.36. The summed E-state index contributed by atoms with van der Waals surface area (Å²) >= 11 is 1.61. The lowest BCUT2D eigenvalue weighted by atomic mass is 10.1. The zero-order chi connectivity index (χ0) is 14.1. The van der Waals surface area contributed by atoms with Gasteiger partial charge in [0.25, 0.3) is 0 Å². The molecular weight excluding hydrogens is 268 g/mol. The number of aldehydes is 1. The van der Waals surface area contributed by atoms with E-state index in [-0.39, 0.29) is 0 Å². The molecule has 0 unspecified atom stereocenters. The highest BCUT2D eigenvalue weighted by Gasteiger charge is 2.32. The van der Waals surface area contributed by atoms with E-state index in [0.717, 1.165) is 28.5 Å². The predicted octanol–water partition coefficient (Wildman–Crippen LogP) is 4.24. The van der Waals surface area contributed by atoms with Crippen molar-refractivity contribution < 1.29 is 4.79 Å². The van der Waals surface area contributed by atoms with Crippen LogP contribution >= 0.6 is 11.3 Å². The maximum atomic E-state index is 11.3. The lowest BCUT2D eigenvalue weighted by Gasteiger charge is -2.30. The molecule has 2 fully saturated rings. The normalized spacial score (nSPS) is 19.8. The zero-order valence-corrected chi connectivity index (χ0v) is 13.3. The average Bonchev–Trinajstić information content (AvgIpc) is 2.98. The first kappa shape index (κ1) is 14.1. The van der Waals surface area contributed by atoms with Crippen LogP contribution in [0.15, 0.2) is 0 Å². The highest BCUT2D eigenvalue weighted by Crippen LogP contribution is 2.44. The largest absolute Gasteiger partial charge is 0.345 e. The second-order valence-electron chi connectivity index (χ2n) is 6.62. The molecule has 1 aromatic rings. The third-order valence-electron chi connectivity index (χ3n) is 4.31. The molecule has 2 aliphatic rings. The highest BCUT2D eigenvalue weighted by molar-refractivity contribution is 7.17. The predicted molar refractivity (Wildman–Crippen MR) is 83.9 cm³/mol. The molecule has 4 heteroatoms. The van der Waals surface area contributed by atoms with E-state index in [1.54, 1.807) is 11.3 Å². The Morgan fingerprint density at radius 2 is 2.00 bits per heavy atom. The summed E-state index contributed by atoms with van der Waals surface area (Å²) in [6, 6.07) is 0.634. The Hall–Kier alpha value is -0.900. The summed E-state index contributed by atoms with van der Waals surface area (Å²) in [5.74, 6) is 1.19. The van der Waals surface area contributed by atoms with Crippen LogP contribution in [-0.2, 0) is 0 Å². The summed E-state index contributed by atoms with van der Waals surface area (Å²) in [7, 11) is 0. The third kappa shape index (κ3) is 2.90. The molecule has 0 spiro atoms. The van der Waals surface area contributed by atoms with Gasteiger partial charge in [-0.2, -0.15) is 0 Å². The highest BCUT2D eigenvalue weighted by atomic mass is 32.1. The van der Waals surface area contributed by atoms with Crippen molar-refractivity contribution in [2.75, 3.05) is 11.4 Å². The summed E-state index contributed by atoms with van der Waals surface area (Å²) in [5.41, 5.74) is 1.08. The van der Waals surface area contributed by atoms with Gasteiger partial charge in [-0.3, -0.25) is 4.79 Å². The van der Waals surface area contributed by atoms with Crippen molar-refractivity contribution in [2.45, 2.75) is 64.3 Å². The summed E-state index contributed by atoms with van der Waals surface area (Å²) in [6.45, 7) is 5.58. The molecule has 110 valence electrons. The second-order valence-corrected chi connectivity index (χ2v) is 7.63. The van der Waals surface area contributed by atoms with Crippen LogP contribution < -0.4 is 4.90 Å². The number of rotatable bonds is 6. The van der Waals surface area contributed by atoms with Crippen molar-refractivity contribution in [3.8, 4) is 0 Å². The molecule has 3 nitrogen and oxygen atoms in total. The average molecular weight is 292 g/mol. The second kappa shape index (κ2) is 5.84. The van der Waals surface area contributed by atoms with Crippen LogP contribution in [0.2, 0.25) is 0 Å². The Kier molecular flexibility index (Phi) is 4.11. The molecule has 20 heavy (non-hydrogen) atoms. The molecule has 0 aromatic carbocycles. The minimum absolute atomic E-state index is 0.560. The van der Waals surface area contributed by atoms with Gasteiger partial charge in [-0.05, 0) is 31.6 Å². The van der Waals surface area contributed by atoms with Crippen LogP contribution in [0.4, 0.5) is 5.13 Å². The third-order valence-corrected chi connectivity index (χ3v) is 5.35. The number of carbonyl (C=O) groups is 1. The van der Waals surface area contributed by atoms with Crippen LogP contribution in [0.25, 0.3) is 0 Å². The number of carbonyl (C=O) groups excluding carboxylic acids is 1. The Morgan fingerprint density at radius 3 is 2.55 bits per heavy atom. The lowest BCUT2D eigenvalue weighted by molar-refractivity contribution is 0.112. The van der Waals surface area contributed by atoms with E-state index in [9.17, 15) is 4.79 Å². The summed E-state index contributed by atoms with van der Waals surface area (Å²) < 4.78 is 0. The van der Waals surface area contributed by atoms with Gasteiger partial charge in [-0.25, -0.2) is 4.98 Å². The molecule has 0 atom stereocenters. The number of hydrogen-bond donors (Lipinski definition) is 0. The fourth-order valence-electron chi connectivity index (χ4n) is 3.18. The number of anilines is 1. The molecule has 1 aromatic heterocycles. The Balaban J connectivity index is 1.87. The first-order valence-electron chi connectivity index (χ1n) is 7.91. The van der Waals surface area contributed by atoms with Gasteiger partial charge in [0.2, 0.25) is 0 Å². The number of aromatic nitrogens is 1. The topological polar surface area (TPSA) is 33.2 Å². The maximum Gasteiger partial charge on any atom is 0.186 e. The van der Waals surface area contributed by atoms with Gasteiger partial charge in [-0.15, -0.1) is 0 Å². The van der Waals surface area contributed by atoms with E-state index in [1.807, 2.05) is 0 Å². The number of hydrogen-bond acceptors (Lipinski definition) is 4. The minimum Gasteiger partial charge on any atom is -0.345 e. The van der Waals surface area contributed by atoms with Crippen LogP contribution in [0.3, 0.4) is 0 Å². The van der Waals surface area contributed by atoms with Crippen LogP contribution in [0.1, 0.15) is 73.7 Å². The molecule has 1 heterocycles. The summed E-state index contributed by atoms with van der Waals surface area (Å²) in [5, 5.41) is 1.09. The fraction of sp³-hybridized carbons (Fsp3) is 0.750. The Labute approximate surface area is 125 Å². The fourth-order valence-corrected chi connectivity index (χ4v) is 4.23. The van der Waals surface area contributed by atoms with Gasteiger partial charge < -0.3 is 4.90 Å². The van der Waals surface area contributed by atoms with Crippen molar-refractivity contribution in [1.82, 2.24) is 4.98 Å². The van der Waals surface area contributed by atoms with E-state index in [2.05, 4.69) is 18.7 Å². The molecule has 0 saturated heterocycles. The maximum absolute atomic E-state index is 11.3. The molecule has 3 rings (SSSR count). The van der Waals surface area contributed by atoms with E-state index in [1.165, 1.54) is 38.5 Å². The first-order valence-corrected chi connectivity index (χ1v) is 8.73. The van der Waals surface area contributed by atoms with E-state index >= 15 is 0 Å². The van der Waals surface area contributed by atoms with Crippen LogP contribution in [-0.4, -0.2) is 23.9 Å². The van der Waals surface area contributed by atoms with Crippen molar-refractivity contribution in [2.24, 2.45) is 5.92 Å². The van der Waals surface area contributed by atoms with Gasteiger partial charge in [-0.1, -0.05) is 38.0 Å². The van der Waals surface area contributed by atoms with E-state index in [0.29, 0.717) is 17.9 Å². The quantitative estimate of drug-likeness (QED) is 0.735. The van der Waals surface area contributed by atoms with Crippen molar-refractivity contribution in [1.29, 1.82) is 0 Å². The van der Waals surface area contributed by atoms with Crippen LogP contribution in [0.5, 0.6) is 0 Å². The minimum atomic E-state index is 0.560. The number of thiazole rings is 1.